The van der Waals surface area contributed by atoms with Crippen LogP contribution in [0.5, 0.6) is 0 Å². The molecule has 5 rings (SSSR count). The molecule has 138 valence electrons. The van der Waals surface area contributed by atoms with Gasteiger partial charge in [0.1, 0.15) is 12.0 Å². The predicted molar refractivity (Wildman–Crippen MR) is 97.7 cm³/mol. The second kappa shape index (κ2) is 5.90. The minimum Gasteiger partial charge on any atom is -0.337 e. The van der Waals surface area contributed by atoms with Crippen LogP contribution in [0.2, 0.25) is 5.02 Å². The molecule has 3 aromatic rings. The Morgan fingerprint density at radius 3 is 2.96 bits per heavy atom. The highest BCUT2D eigenvalue weighted by atomic mass is 35.5. The molecule has 0 unspecified atom stereocenters. The van der Waals surface area contributed by atoms with E-state index in [1.165, 1.54) is 0 Å². The van der Waals surface area contributed by atoms with E-state index in [-0.39, 0.29) is 11.9 Å². The van der Waals surface area contributed by atoms with E-state index in [0.717, 1.165) is 17.8 Å². The maximum absolute atomic E-state index is 13.0. The third-order valence-corrected chi connectivity index (χ3v) is 5.31. The molecule has 2 aromatic heterocycles. The highest BCUT2D eigenvalue weighted by Crippen LogP contribution is 2.44. The summed E-state index contributed by atoms with van der Waals surface area (Å²) >= 11 is 6.36. The molecular formula is C18H17ClN6O2. The van der Waals surface area contributed by atoms with Crippen LogP contribution in [0.3, 0.4) is 0 Å². The molecule has 0 aliphatic carbocycles. The Kier molecular flexibility index (Phi) is 3.60. The number of nitrogens with zero attached hydrogens (tertiary/aromatic N) is 6. The number of hydrogen-bond acceptors (Lipinski definition) is 6. The van der Waals surface area contributed by atoms with E-state index in [1.54, 1.807) is 12.4 Å². The zero-order valence-corrected chi connectivity index (χ0v) is 15.6. The van der Waals surface area contributed by atoms with Crippen LogP contribution in [0.15, 0.2) is 29.0 Å². The average molecular weight is 385 g/mol. The molecule has 1 aromatic carbocycles. The van der Waals surface area contributed by atoms with Crippen LogP contribution in [-0.2, 0) is 6.54 Å². The van der Waals surface area contributed by atoms with Crippen molar-refractivity contribution in [2.75, 3.05) is 20.6 Å². The molecule has 0 radical (unpaired) electrons. The van der Waals surface area contributed by atoms with E-state index < -0.39 is 0 Å². The first kappa shape index (κ1) is 16.5. The first-order chi connectivity index (χ1) is 13.0. The number of fused-ring (bicyclic) bond motifs is 5. The van der Waals surface area contributed by atoms with Gasteiger partial charge in [0.2, 0.25) is 11.7 Å². The van der Waals surface area contributed by atoms with Gasteiger partial charge in [-0.05, 0) is 32.6 Å². The van der Waals surface area contributed by atoms with Crippen molar-refractivity contribution in [3.8, 4) is 17.2 Å². The Hall–Kier alpha value is -2.71. The predicted octanol–water partition coefficient (Wildman–Crippen LogP) is 2.54. The van der Waals surface area contributed by atoms with Gasteiger partial charge in [0.05, 0.1) is 34.6 Å². The summed E-state index contributed by atoms with van der Waals surface area (Å²) in [4.78, 5) is 25.8. The summed E-state index contributed by atoms with van der Waals surface area (Å²) in [7, 11) is 3.87. The Morgan fingerprint density at radius 2 is 2.22 bits per heavy atom. The van der Waals surface area contributed by atoms with Gasteiger partial charge in [-0.3, -0.25) is 9.36 Å². The molecule has 27 heavy (non-hydrogen) atoms. The monoisotopic (exact) mass is 384 g/mol. The fourth-order valence-corrected chi connectivity index (χ4v) is 3.96. The van der Waals surface area contributed by atoms with Crippen molar-refractivity contribution in [1.82, 2.24) is 29.5 Å². The van der Waals surface area contributed by atoms with E-state index >= 15 is 0 Å². The molecule has 0 bridgehead atoms. The number of amides is 1. The summed E-state index contributed by atoms with van der Waals surface area (Å²) in [6.45, 7) is 1.24. The number of halogens is 1. The van der Waals surface area contributed by atoms with E-state index in [4.69, 9.17) is 16.1 Å². The van der Waals surface area contributed by atoms with Gasteiger partial charge in [0.15, 0.2) is 0 Å². The molecule has 2 aliphatic rings. The van der Waals surface area contributed by atoms with Crippen molar-refractivity contribution < 1.29 is 9.32 Å². The Bertz CT molecular complexity index is 1060. The summed E-state index contributed by atoms with van der Waals surface area (Å²) in [6, 6.07) is 5.38. The number of imidazole rings is 1. The summed E-state index contributed by atoms with van der Waals surface area (Å²) in [5.74, 6) is 0.906. The molecule has 1 fully saturated rings. The third kappa shape index (κ3) is 2.40. The second-order valence-corrected chi connectivity index (χ2v) is 7.44. The van der Waals surface area contributed by atoms with Gasteiger partial charge < -0.3 is 14.3 Å². The van der Waals surface area contributed by atoms with E-state index in [1.807, 2.05) is 40.6 Å². The van der Waals surface area contributed by atoms with Crippen molar-refractivity contribution in [1.29, 1.82) is 0 Å². The van der Waals surface area contributed by atoms with Crippen molar-refractivity contribution in [3.63, 3.8) is 0 Å². The molecule has 1 amide bonds. The molecule has 0 saturated carbocycles. The smallest absolute Gasteiger partial charge is 0.258 e. The number of benzene rings is 1. The standard InChI is InChI=1S/C18H17ClN6O2/c1-23(2)8-13-21-17(22-27-13)15-16-12-6-7-24(12)18(26)14-10(19)4-3-5-11(14)25(16)9-20-15/h3-5,9,12H,6-8H2,1-2H3/t12-/m0/s1. The molecule has 0 N–H and O–H groups in total. The minimum atomic E-state index is -0.0748. The highest BCUT2D eigenvalue weighted by molar-refractivity contribution is 6.34. The molecule has 4 heterocycles. The first-order valence-corrected chi connectivity index (χ1v) is 9.07. The van der Waals surface area contributed by atoms with E-state index in [2.05, 4.69) is 15.1 Å². The number of carbonyl (C=O) groups is 1. The van der Waals surface area contributed by atoms with Crippen LogP contribution in [0, 0.1) is 0 Å². The van der Waals surface area contributed by atoms with Gasteiger partial charge in [0.25, 0.3) is 5.91 Å². The van der Waals surface area contributed by atoms with Crippen molar-refractivity contribution in [2.24, 2.45) is 0 Å². The van der Waals surface area contributed by atoms with Gasteiger partial charge in [-0.25, -0.2) is 4.98 Å². The first-order valence-electron chi connectivity index (χ1n) is 8.69. The summed E-state index contributed by atoms with van der Waals surface area (Å²) in [6.07, 6.45) is 2.56. The van der Waals surface area contributed by atoms with Crippen LogP contribution in [0.4, 0.5) is 0 Å². The van der Waals surface area contributed by atoms with Crippen LogP contribution in [0.25, 0.3) is 17.2 Å². The van der Waals surface area contributed by atoms with Crippen LogP contribution >= 0.6 is 11.6 Å². The van der Waals surface area contributed by atoms with Gasteiger partial charge in [-0.2, -0.15) is 4.98 Å². The fraction of sp³-hybridized carbons (Fsp3) is 0.333. The summed E-state index contributed by atoms with van der Waals surface area (Å²) in [5.41, 5.74) is 2.77. The topological polar surface area (TPSA) is 80.3 Å². The zero-order valence-electron chi connectivity index (χ0n) is 14.9. The highest BCUT2D eigenvalue weighted by Gasteiger charge is 2.43. The zero-order chi connectivity index (χ0) is 18.7. The van der Waals surface area contributed by atoms with Gasteiger partial charge >= 0.3 is 0 Å². The maximum Gasteiger partial charge on any atom is 0.258 e. The Morgan fingerprint density at radius 1 is 1.37 bits per heavy atom. The number of aromatic nitrogens is 4. The van der Waals surface area contributed by atoms with Gasteiger partial charge in [-0.1, -0.05) is 22.8 Å². The molecule has 1 atom stereocenters. The Balaban J connectivity index is 1.68. The minimum absolute atomic E-state index is 0.0529. The Labute approximate surface area is 160 Å². The van der Waals surface area contributed by atoms with Crippen LogP contribution < -0.4 is 0 Å². The van der Waals surface area contributed by atoms with E-state index in [9.17, 15) is 4.79 Å². The van der Waals surface area contributed by atoms with E-state index in [0.29, 0.717) is 41.1 Å². The van der Waals surface area contributed by atoms with Gasteiger partial charge in [0, 0.05) is 6.54 Å². The molecule has 1 saturated heterocycles. The normalized spacial score (nSPS) is 18.0. The maximum atomic E-state index is 13.0. The molecule has 8 nitrogen and oxygen atoms in total. The van der Waals surface area contributed by atoms with Crippen molar-refractivity contribution >= 4 is 17.5 Å². The summed E-state index contributed by atoms with van der Waals surface area (Å²) < 4.78 is 7.29. The fourth-order valence-electron chi connectivity index (χ4n) is 3.71. The second-order valence-electron chi connectivity index (χ2n) is 7.03. The lowest BCUT2D eigenvalue weighted by atomic mass is 9.97. The third-order valence-electron chi connectivity index (χ3n) is 5.00. The molecule has 2 aliphatic heterocycles. The lowest BCUT2D eigenvalue weighted by Crippen LogP contribution is -2.44. The number of rotatable bonds is 3. The van der Waals surface area contributed by atoms with Crippen molar-refractivity contribution in [2.45, 2.75) is 19.0 Å². The SMILES string of the molecule is CN(C)Cc1nc(-c2ncn3c2[C@@H]2CCN2C(=O)c2c(Cl)cccc2-3)no1. The van der Waals surface area contributed by atoms with Crippen LogP contribution in [-0.4, -0.2) is 56.0 Å². The molecular weight excluding hydrogens is 368 g/mol. The molecule has 0 spiro atoms. The largest absolute Gasteiger partial charge is 0.337 e. The number of carbonyl (C=O) groups excluding carboxylic acids is 1. The van der Waals surface area contributed by atoms with Crippen LogP contribution in [0.1, 0.15) is 34.4 Å². The number of hydrogen-bond donors (Lipinski definition) is 0. The lowest BCUT2D eigenvalue weighted by Gasteiger charge is -2.39. The average Bonchev–Trinajstić information content (AvgIpc) is 3.18. The quantitative estimate of drug-likeness (QED) is 0.690. The molecule has 9 heteroatoms. The lowest BCUT2D eigenvalue weighted by molar-refractivity contribution is 0.0461. The van der Waals surface area contributed by atoms with Crippen molar-refractivity contribution in [3.05, 3.63) is 46.7 Å². The summed E-state index contributed by atoms with van der Waals surface area (Å²) in [5, 5.41) is 4.55. The van der Waals surface area contributed by atoms with Gasteiger partial charge in [-0.15, -0.1) is 0 Å².